The highest BCUT2D eigenvalue weighted by atomic mass is 28.3. The first-order chi connectivity index (χ1) is 14.1. The van der Waals surface area contributed by atoms with E-state index in [1.165, 1.54) is 11.4 Å². The molecule has 1 aromatic heterocycles. The highest BCUT2D eigenvalue weighted by molar-refractivity contribution is 6.88. The van der Waals surface area contributed by atoms with Crippen molar-refractivity contribution in [2.45, 2.75) is 39.5 Å². The minimum Gasteiger partial charge on any atom is -0.364 e. The van der Waals surface area contributed by atoms with Gasteiger partial charge in [-0.2, -0.15) is 0 Å². The van der Waals surface area contributed by atoms with Crippen LogP contribution in [0.15, 0.2) is 30.5 Å². The third-order valence-corrected chi connectivity index (χ3v) is 7.43. The zero-order valence-corrected chi connectivity index (χ0v) is 19.3. The van der Waals surface area contributed by atoms with Gasteiger partial charge in [0, 0.05) is 31.4 Å². The Hall–Kier alpha value is -2.94. The molecule has 0 bridgehead atoms. The fourth-order valence-corrected chi connectivity index (χ4v) is 4.77. The molecule has 3 amide bonds. The van der Waals surface area contributed by atoms with Crippen molar-refractivity contribution in [1.82, 2.24) is 14.9 Å². The Labute approximate surface area is 178 Å². The molecule has 1 aromatic carbocycles. The van der Waals surface area contributed by atoms with Crippen molar-refractivity contribution < 1.29 is 9.59 Å². The summed E-state index contributed by atoms with van der Waals surface area (Å²) in [6, 6.07) is 8.07. The quantitative estimate of drug-likeness (QED) is 0.729. The van der Waals surface area contributed by atoms with Crippen LogP contribution in [0, 0.1) is 6.92 Å². The number of rotatable bonds is 4. The van der Waals surface area contributed by atoms with Crippen LogP contribution in [0.2, 0.25) is 19.6 Å². The van der Waals surface area contributed by atoms with Crippen molar-refractivity contribution in [3.63, 3.8) is 0 Å². The lowest BCUT2D eigenvalue weighted by atomic mass is 10.2. The van der Waals surface area contributed by atoms with Crippen molar-refractivity contribution in [3.05, 3.63) is 41.9 Å². The molecule has 2 heterocycles. The molecule has 1 atom stereocenters. The van der Waals surface area contributed by atoms with Gasteiger partial charge in [0.25, 0.3) is 5.91 Å². The number of hydrogen-bond donors (Lipinski definition) is 2. The summed E-state index contributed by atoms with van der Waals surface area (Å²) in [5, 5.41) is 4.37. The molecule has 0 radical (unpaired) electrons. The summed E-state index contributed by atoms with van der Waals surface area (Å²) in [7, 11) is -1.36. The maximum absolute atomic E-state index is 12.8. The first-order valence-electron chi connectivity index (χ1n) is 10.1. The van der Waals surface area contributed by atoms with Crippen LogP contribution < -0.4 is 21.1 Å². The Morgan fingerprint density at radius 2 is 1.83 bits per heavy atom. The topological polar surface area (TPSA) is 104 Å². The van der Waals surface area contributed by atoms with E-state index in [9.17, 15) is 9.59 Å². The van der Waals surface area contributed by atoms with E-state index in [2.05, 4.69) is 52.0 Å². The number of carbonyl (C=O) groups excluding carboxylic acids is 2. The van der Waals surface area contributed by atoms with Crippen LogP contribution in [0.4, 0.5) is 16.3 Å². The molecule has 1 fully saturated rings. The van der Waals surface area contributed by atoms with Crippen molar-refractivity contribution in [2.24, 2.45) is 5.73 Å². The maximum atomic E-state index is 12.8. The molecule has 9 heteroatoms. The first kappa shape index (κ1) is 21.8. The van der Waals surface area contributed by atoms with Crippen LogP contribution in [-0.2, 0) is 0 Å². The number of nitrogens with one attached hydrogen (secondary N) is 1. The number of carbonyl (C=O) groups is 2. The Kier molecular flexibility index (Phi) is 6.11. The van der Waals surface area contributed by atoms with Crippen LogP contribution in [-0.4, -0.2) is 60.6 Å². The lowest BCUT2D eigenvalue weighted by Crippen LogP contribution is -2.55. The number of aryl methyl sites for hydroxylation is 1. The van der Waals surface area contributed by atoms with Gasteiger partial charge >= 0.3 is 6.03 Å². The lowest BCUT2D eigenvalue weighted by molar-refractivity contribution is 0.0995. The molecular formula is C21H30N6O2Si. The van der Waals surface area contributed by atoms with Crippen molar-refractivity contribution in [3.8, 4) is 0 Å². The zero-order chi connectivity index (χ0) is 22.1. The standard InChI is InChI=1S/C21H30N6O2Si/c1-14-13-26(20-15(2)24-18(12-23-20)19(22)28)10-11-27(14)21(29)25-16-6-8-17(9-7-16)30(3,4)5/h6-9,12,14H,10-11,13H2,1-5H3,(H2,22,28)(H,25,29). The average Bonchev–Trinajstić information content (AvgIpc) is 2.67. The van der Waals surface area contributed by atoms with Gasteiger partial charge in [-0.3, -0.25) is 4.79 Å². The number of piperazine rings is 1. The predicted molar refractivity (Wildman–Crippen MR) is 122 cm³/mol. The molecule has 3 N–H and O–H groups in total. The van der Waals surface area contributed by atoms with Gasteiger partial charge in [0.2, 0.25) is 0 Å². The summed E-state index contributed by atoms with van der Waals surface area (Å²) in [5.41, 5.74) is 6.89. The summed E-state index contributed by atoms with van der Waals surface area (Å²) < 4.78 is 0. The second kappa shape index (κ2) is 8.43. The molecule has 0 saturated carbocycles. The summed E-state index contributed by atoms with van der Waals surface area (Å²) in [6.45, 7) is 12.6. The summed E-state index contributed by atoms with van der Waals surface area (Å²) >= 11 is 0. The fourth-order valence-electron chi connectivity index (χ4n) is 3.60. The monoisotopic (exact) mass is 426 g/mol. The van der Waals surface area contributed by atoms with Crippen LogP contribution in [0.25, 0.3) is 0 Å². The summed E-state index contributed by atoms with van der Waals surface area (Å²) in [6.07, 6.45) is 1.40. The molecule has 0 aliphatic carbocycles. The Balaban J connectivity index is 1.64. The Bertz CT molecular complexity index is 942. The minimum atomic E-state index is -1.36. The van der Waals surface area contributed by atoms with Crippen LogP contribution >= 0.6 is 0 Å². The van der Waals surface area contributed by atoms with Gasteiger partial charge in [-0.1, -0.05) is 37.0 Å². The molecule has 8 nitrogen and oxygen atoms in total. The third-order valence-electron chi connectivity index (χ3n) is 5.36. The number of hydrogen-bond acceptors (Lipinski definition) is 5. The van der Waals surface area contributed by atoms with E-state index in [0.717, 1.165) is 5.69 Å². The number of aromatic nitrogens is 2. The average molecular weight is 427 g/mol. The number of primary amides is 1. The van der Waals surface area contributed by atoms with Gasteiger partial charge in [0.15, 0.2) is 0 Å². The number of nitrogens with two attached hydrogens (primary N) is 1. The molecule has 1 aliphatic rings. The third kappa shape index (κ3) is 4.78. The smallest absolute Gasteiger partial charge is 0.322 e. The summed E-state index contributed by atoms with van der Waals surface area (Å²) in [4.78, 5) is 36.6. The molecule has 0 spiro atoms. The number of anilines is 2. The number of urea groups is 1. The minimum absolute atomic E-state index is 0.00276. The summed E-state index contributed by atoms with van der Waals surface area (Å²) in [5.74, 6) is 0.124. The van der Waals surface area contributed by atoms with Gasteiger partial charge < -0.3 is 20.9 Å². The molecule has 160 valence electrons. The highest BCUT2D eigenvalue weighted by Gasteiger charge is 2.29. The number of nitrogens with zero attached hydrogens (tertiary/aromatic N) is 4. The molecule has 1 unspecified atom stereocenters. The van der Waals surface area contributed by atoms with Gasteiger partial charge in [-0.15, -0.1) is 0 Å². The normalized spacial score (nSPS) is 17.0. The second-order valence-corrected chi connectivity index (χ2v) is 13.9. The van der Waals surface area contributed by atoms with E-state index < -0.39 is 14.0 Å². The van der Waals surface area contributed by atoms with E-state index >= 15 is 0 Å². The molecule has 2 aromatic rings. The van der Waals surface area contributed by atoms with E-state index in [1.54, 1.807) is 0 Å². The highest BCUT2D eigenvalue weighted by Crippen LogP contribution is 2.21. The van der Waals surface area contributed by atoms with Crippen LogP contribution in [0.5, 0.6) is 0 Å². The van der Waals surface area contributed by atoms with Gasteiger partial charge in [-0.25, -0.2) is 14.8 Å². The molecule has 30 heavy (non-hydrogen) atoms. The Morgan fingerprint density at radius 1 is 1.17 bits per heavy atom. The van der Waals surface area contributed by atoms with Crippen molar-refractivity contribution in [1.29, 1.82) is 0 Å². The molecule has 1 aliphatic heterocycles. The van der Waals surface area contributed by atoms with E-state index in [1.807, 2.05) is 30.9 Å². The fraction of sp³-hybridized carbons (Fsp3) is 0.429. The molecular weight excluding hydrogens is 396 g/mol. The molecule has 1 saturated heterocycles. The Morgan fingerprint density at radius 3 is 2.37 bits per heavy atom. The lowest BCUT2D eigenvalue weighted by Gasteiger charge is -2.40. The SMILES string of the molecule is Cc1nc(C(N)=O)cnc1N1CCN(C(=O)Nc2ccc([Si](C)(C)C)cc2)C(C)C1. The number of amides is 3. The van der Waals surface area contributed by atoms with Crippen molar-refractivity contribution >= 4 is 36.7 Å². The number of benzene rings is 1. The van der Waals surface area contributed by atoms with Crippen LogP contribution in [0.3, 0.4) is 0 Å². The van der Waals surface area contributed by atoms with Gasteiger partial charge in [-0.05, 0) is 26.0 Å². The first-order valence-corrected chi connectivity index (χ1v) is 13.6. The zero-order valence-electron chi connectivity index (χ0n) is 18.3. The van der Waals surface area contributed by atoms with E-state index in [-0.39, 0.29) is 17.8 Å². The van der Waals surface area contributed by atoms with Gasteiger partial charge in [0.05, 0.1) is 20.0 Å². The van der Waals surface area contributed by atoms with Crippen molar-refractivity contribution in [2.75, 3.05) is 29.9 Å². The van der Waals surface area contributed by atoms with E-state index in [0.29, 0.717) is 31.1 Å². The second-order valence-electron chi connectivity index (χ2n) is 8.77. The molecule has 3 rings (SSSR count). The largest absolute Gasteiger partial charge is 0.364 e. The predicted octanol–water partition coefficient (Wildman–Crippen LogP) is 2.17. The van der Waals surface area contributed by atoms with Gasteiger partial charge in [0.1, 0.15) is 11.5 Å². The maximum Gasteiger partial charge on any atom is 0.322 e. The van der Waals surface area contributed by atoms with E-state index in [4.69, 9.17) is 5.73 Å². The van der Waals surface area contributed by atoms with Crippen LogP contribution in [0.1, 0.15) is 23.1 Å².